The van der Waals surface area contributed by atoms with Crippen LogP contribution in [-0.4, -0.2) is 70.7 Å². The van der Waals surface area contributed by atoms with Crippen molar-refractivity contribution >= 4 is 26.1 Å². The highest BCUT2D eigenvalue weighted by Gasteiger charge is 2.45. The van der Waals surface area contributed by atoms with Gasteiger partial charge in [-0.3, -0.25) is 0 Å². The Hall–Kier alpha value is -3.44. The number of benzene rings is 2. The summed E-state index contributed by atoms with van der Waals surface area (Å²) in [6, 6.07) is 13.4. The molecule has 0 N–H and O–H groups in total. The maximum Gasteiger partial charge on any atom is 0.342 e. The average molecular weight is 653 g/mol. The molecule has 2 unspecified atom stereocenters. The molecule has 2 aliphatic heterocycles. The second-order valence-corrected chi connectivity index (χ2v) is 19.1. The van der Waals surface area contributed by atoms with Gasteiger partial charge in [0.2, 0.25) is 0 Å². The molecule has 9 nitrogen and oxygen atoms in total. The predicted molar refractivity (Wildman–Crippen MR) is 179 cm³/mol. The number of hydrogen-bond donors (Lipinski definition) is 0. The fraction of sp³-hybridized carbons (Fsp3) is 0.500. The molecule has 0 amide bonds. The van der Waals surface area contributed by atoms with Crippen molar-refractivity contribution in [1.29, 1.82) is 0 Å². The first-order chi connectivity index (χ1) is 21.8. The van der Waals surface area contributed by atoms with Crippen molar-refractivity contribution in [1.82, 2.24) is 0 Å². The normalized spacial score (nSPS) is 25.4. The van der Waals surface area contributed by atoms with Gasteiger partial charge in [-0.15, -0.1) is 0 Å². The topological polar surface area (TPSA) is 98.8 Å². The van der Waals surface area contributed by atoms with E-state index in [0.717, 1.165) is 6.04 Å². The molecule has 1 saturated heterocycles. The summed E-state index contributed by atoms with van der Waals surface area (Å²) in [4.78, 5) is 26.9. The Morgan fingerprint density at radius 3 is 2.46 bits per heavy atom. The first-order valence-corrected chi connectivity index (χ1v) is 19.6. The molecular formula is C36H48O9Si. The number of ether oxygens (including phenoxy) is 7. The zero-order valence-electron chi connectivity index (χ0n) is 28.2. The third-order valence-corrected chi connectivity index (χ3v) is 9.57. The molecule has 2 heterocycles. The van der Waals surface area contributed by atoms with E-state index < -0.39 is 50.2 Å². The molecule has 1 fully saturated rings. The van der Waals surface area contributed by atoms with Crippen LogP contribution in [0.1, 0.15) is 60.4 Å². The molecule has 2 aliphatic rings. The van der Waals surface area contributed by atoms with Crippen molar-refractivity contribution in [2.24, 2.45) is 5.92 Å². The highest BCUT2D eigenvalue weighted by molar-refractivity contribution is 6.76. The molecular weight excluding hydrogens is 604 g/mol. The minimum atomic E-state index is -1.33. The molecule has 0 radical (unpaired) electrons. The van der Waals surface area contributed by atoms with Crippen LogP contribution in [0, 0.1) is 5.92 Å². The van der Waals surface area contributed by atoms with E-state index >= 15 is 0 Å². The monoisotopic (exact) mass is 652 g/mol. The van der Waals surface area contributed by atoms with Gasteiger partial charge < -0.3 is 33.2 Å². The van der Waals surface area contributed by atoms with Gasteiger partial charge >= 0.3 is 11.9 Å². The molecule has 0 spiro atoms. The number of rotatable bonds is 9. The van der Waals surface area contributed by atoms with Gasteiger partial charge in [0.1, 0.15) is 35.4 Å². The van der Waals surface area contributed by atoms with Gasteiger partial charge in [0.05, 0.1) is 18.3 Å². The van der Waals surface area contributed by atoms with Gasteiger partial charge in [0.25, 0.3) is 0 Å². The number of methoxy groups -OCH3 is 1. The molecule has 5 atom stereocenters. The van der Waals surface area contributed by atoms with Crippen LogP contribution < -0.4 is 9.47 Å². The van der Waals surface area contributed by atoms with Crippen LogP contribution in [0.4, 0.5) is 0 Å². The molecule has 46 heavy (non-hydrogen) atoms. The molecule has 250 valence electrons. The SMILES string of the molecule is COCOc1cc(OCC[Si](C)(C)C)cc2c1C(=O)O[C@@H](C)[C@H](C)/C=C\C(OC(=O)c1ccccc1)C1OC(C)(C)O[C@H]1CC=C2. The van der Waals surface area contributed by atoms with Crippen molar-refractivity contribution in [2.45, 2.75) is 90.0 Å². The van der Waals surface area contributed by atoms with Crippen molar-refractivity contribution < 1.29 is 42.7 Å². The van der Waals surface area contributed by atoms with E-state index in [2.05, 4.69) is 19.6 Å². The Morgan fingerprint density at radius 2 is 1.76 bits per heavy atom. The van der Waals surface area contributed by atoms with E-state index in [1.807, 2.05) is 58.1 Å². The quantitative estimate of drug-likeness (QED) is 0.120. The molecule has 10 heteroatoms. The summed E-state index contributed by atoms with van der Waals surface area (Å²) < 4.78 is 41.9. The number of hydrogen-bond acceptors (Lipinski definition) is 9. The van der Waals surface area contributed by atoms with Crippen molar-refractivity contribution in [3.05, 3.63) is 77.4 Å². The van der Waals surface area contributed by atoms with Crippen molar-refractivity contribution in [3.8, 4) is 11.5 Å². The number of cyclic esters (lactones) is 1. The van der Waals surface area contributed by atoms with Crippen LogP contribution in [0.15, 0.2) is 60.7 Å². The molecule has 2 aromatic rings. The summed E-state index contributed by atoms with van der Waals surface area (Å²) >= 11 is 0. The highest BCUT2D eigenvalue weighted by Crippen LogP contribution is 2.36. The van der Waals surface area contributed by atoms with Gasteiger partial charge in [0, 0.05) is 27.2 Å². The number of carbonyl (C=O) groups excluding carboxylic acids is 2. The third kappa shape index (κ3) is 9.78. The van der Waals surface area contributed by atoms with Crippen LogP contribution >= 0.6 is 0 Å². The van der Waals surface area contributed by atoms with E-state index in [1.54, 1.807) is 36.4 Å². The van der Waals surface area contributed by atoms with Gasteiger partial charge in [0.15, 0.2) is 12.6 Å². The van der Waals surface area contributed by atoms with E-state index in [0.29, 0.717) is 35.7 Å². The fourth-order valence-corrected chi connectivity index (χ4v) is 5.88. The van der Waals surface area contributed by atoms with E-state index in [1.165, 1.54) is 7.11 Å². The number of fused-ring (bicyclic) bond motifs is 2. The summed E-state index contributed by atoms with van der Waals surface area (Å²) in [5.41, 5.74) is 1.29. The zero-order valence-corrected chi connectivity index (χ0v) is 29.2. The van der Waals surface area contributed by atoms with Gasteiger partial charge in [-0.2, -0.15) is 0 Å². The van der Waals surface area contributed by atoms with Crippen LogP contribution in [0.3, 0.4) is 0 Å². The van der Waals surface area contributed by atoms with Gasteiger partial charge in [-0.05, 0) is 63.1 Å². The summed E-state index contributed by atoms with van der Waals surface area (Å²) in [5, 5.41) is 0. The lowest BCUT2D eigenvalue weighted by Crippen LogP contribution is -2.37. The van der Waals surface area contributed by atoms with E-state index in [4.69, 9.17) is 33.2 Å². The molecule has 4 rings (SSSR count). The Bertz CT molecular complexity index is 1400. The van der Waals surface area contributed by atoms with Crippen LogP contribution in [-0.2, 0) is 23.7 Å². The fourth-order valence-electron chi connectivity index (χ4n) is 5.17. The van der Waals surface area contributed by atoms with Crippen molar-refractivity contribution in [2.75, 3.05) is 20.5 Å². The minimum Gasteiger partial charge on any atom is -0.494 e. The average Bonchev–Trinajstić information content (AvgIpc) is 3.30. The summed E-state index contributed by atoms with van der Waals surface area (Å²) in [6.45, 7) is 14.8. The molecule has 0 saturated carbocycles. The lowest BCUT2D eigenvalue weighted by Gasteiger charge is -2.26. The maximum atomic E-state index is 13.8. The number of esters is 2. The summed E-state index contributed by atoms with van der Waals surface area (Å²) in [5.74, 6) is -1.24. The van der Waals surface area contributed by atoms with Crippen molar-refractivity contribution in [3.63, 3.8) is 0 Å². The predicted octanol–water partition coefficient (Wildman–Crippen LogP) is 7.29. The standard InChI is InChI=1S/C36H48O9Si/c1-24-17-18-29(43-34(37)26-13-10-9-11-14-26)33-30(44-36(3,4)45-33)16-12-15-27-21-28(40-19-20-46(6,7)8)22-31(41-23-39-5)32(27)35(38)42-25(24)2/h9-15,17-18,21-22,24-25,29-30,33H,16,19-20,23H2,1-8H3/b15-12?,18-17-/t24-,25+,29?,30+,33?/m1/s1. The van der Waals surface area contributed by atoms with Gasteiger partial charge in [-0.25, -0.2) is 9.59 Å². The molecule has 0 aliphatic carbocycles. The zero-order chi connectivity index (χ0) is 33.5. The Labute approximate surface area is 273 Å². The molecule has 0 aromatic heterocycles. The molecule has 0 bridgehead atoms. The Morgan fingerprint density at radius 1 is 1.02 bits per heavy atom. The van der Waals surface area contributed by atoms with Gasteiger partial charge in [-0.1, -0.05) is 63.0 Å². The number of carbonyl (C=O) groups is 2. The molecule has 2 aromatic carbocycles. The Kier molecular flexibility index (Phi) is 11.9. The van der Waals surface area contributed by atoms with E-state index in [9.17, 15) is 9.59 Å². The summed E-state index contributed by atoms with van der Waals surface area (Å²) in [7, 11) is 0.189. The lowest BCUT2D eigenvalue weighted by molar-refractivity contribution is -0.152. The first kappa shape index (κ1) is 35.4. The van der Waals surface area contributed by atoms with E-state index in [-0.39, 0.29) is 18.3 Å². The van der Waals surface area contributed by atoms with Crippen LogP contribution in [0.25, 0.3) is 6.08 Å². The minimum absolute atomic E-state index is 0.0520. The first-order valence-electron chi connectivity index (χ1n) is 15.9. The Balaban J connectivity index is 1.73. The highest BCUT2D eigenvalue weighted by atomic mass is 28.3. The largest absolute Gasteiger partial charge is 0.494 e. The lowest BCUT2D eigenvalue weighted by atomic mass is 9.98. The second kappa shape index (κ2) is 15.4. The van der Waals surface area contributed by atoms with Crippen LogP contribution in [0.5, 0.6) is 11.5 Å². The smallest absolute Gasteiger partial charge is 0.342 e. The third-order valence-electron chi connectivity index (χ3n) is 7.86. The van der Waals surface area contributed by atoms with Crippen LogP contribution in [0.2, 0.25) is 25.7 Å². The maximum absolute atomic E-state index is 13.8. The second-order valence-electron chi connectivity index (χ2n) is 13.5. The summed E-state index contributed by atoms with van der Waals surface area (Å²) in [6.07, 6.45) is 5.54.